The van der Waals surface area contributed by atoms with Crippen molar-refractivity contribution >= 4 is 5.78 Å². The Labute approximate surface area is 91.3 Å². The second kappa shape index (κ2) is 5.54. The van der Waals surface area contributed by atoms with E-state index in [4.69, 9.17) is 4.74 Å². The summed E-state index contributed by atoms with van der Waals surface area (Å²) < 4.78 is 5.53. The van der Waals surface area contributed by atoms with Gasteiger partial charge in [0.2, 0.25) is 0 Å². The molecule has 1 aromatic carbocycles. The quantitative estimate of drug-likeness (QED) is 0.739. The van der Waals surface area contributed by atoms with Crippen LogP contribution in [0.25, 0.3) is 0 Å². The maximum Gasteiger partial charge on any atom is 0.130 e. The zero-order valence-electron chi connectivity index (χ0n) is 9.62. The van der Waals surface area contributed by atoms with Crippen molar-refractivity contribution in [3.05, 3.63) is 29.8 Å². The molecule has 1 unspecified atom stereocenters. The summed E-state index contributed by atoms with van der Waals surface area (Å²) in [6, 6.07) is 7.91. The topological polar surface area (TPSA) is 26.3 Å². The molecular weight excluding hydrogens is 188 g/mol. The summed E-state index contributed by atoms with van der Waals surface area (Å²) in [5, 5.41) is 0. The number of carbonyl (C=O) groups is 1. The molecule has 0 radical (unpaired) electrons. The van der Waals surface area contributed by atoms with E-state index in [0.717, 1.165) is 11.3 Å². The second-order valence-electron chi connectivity index (χ2n) is 3.78. The van der Waals surface area contributed by atoms with E-state index in [0.29, 0.717) is 13.0 Å². The van der Waals surface area contributed by atoms with Gasteiger partial charge in [0.05, 0.1) is 6.61 Å². The molecule has 0 spiro atoms. The molecule has 0 aliphatic heterocycles. The Morgan fingerprint density at radius 1 is 1.40 bits per heavy atom. The van der Waals surface area contributed by atoms with Crippen LogP contribution in [0.4, 0.5) is 0 Å². The van der Waals surface area contributed by atoms with Gasteiger partial charge in [-0.15, -0.1) is 0 Å². The Kier molecular flexibility index (Phi) is 4.35. The van der Waals surface area contributed by atoms with Gasteiger partial charge < -0.3 is 9.53 Å². The highest BCUT2D eigenvalue weighted by atomic mass is 16.5. The fraction of sp³-hybridized carbons (Fsp3) is 0.462. The van der Waals surface area contributed by atoms with Crippen molar-refractivity contribution in [3.8, 4) is 5.75 Å². The third-order valence-corrected chi connectivity index (χ3v) is 2.34. The van der Waals surface area contributed by atoms with Gasteiger partial charge >= 0.3 is 0 Å². The first kappa shape index (κ1) is 11.8. The molecule has 82 valence electrons. The van der Waals surface area contributed by atoms with Crippen molar-refractivity contribution in [2.75, 3.05) is 6.61 Å². The van der Waals surface area contributed by atoms with Gasteiger partial charge in [0.25, 0.3) is 0 Å². The first-order chi connectivity index (χ1) is 7.15. The molecule has 15 heavy (non-hydrogen) atoms. The van der Waals surface area contributed by atoms with Gasteiger partial charge in [0.1, 0.15) is 11.5 Å². The molecule has 0 heterocycles. The van der Waals surface area contributed by atoms with Crippen molar-refractivity contribution in [1.29, 1.82) is 0 Å². The molecule has 0 aliphatic carbocycles. The molecule has 0 saturated carbocycles. The number of rotatable bonds is 5. The maximum absolute atomic E-state index is 11.1. The van der Waals surface area contributed by atoms with Crippen molar-refractivity contribution in [2.24, 2.45) is 0 Å². The van der Waals surface area contributed by atoms with Crippen molar-refractivity contribution in [2.45, 2.75) is 33.1 Å². The number of Topliss-reactive ketones (excluding diaryl/α,β-unsaturated/α-hetero) is 1. The zero-order valence-corrected chi connectivity index (χ0v) is 9.62. The van der Waals surface area contributed by atoms with Crippen LogP contribution >= 0.6 is 0 Å². The molecule has 0 aliphatic rings. The molecule has 0 amide bonds. The minimum absolute atomic E-state index is 0.216. The first-order valence-electron chi connectivity index (χ1n) is 5.36. The van der Waals surface area contributed by atoms with Gasteiger partial charge in [0.15, 0.2) is 0 Å². The Bertz CT molecular complexity index is 331. The van der Waals surface area contributed by atoms with Crippen LogP contribution in [0.3, 0.4) is 0 Å². The van der Waals surface area contributed by atoms with Crippen LogP contribution in [0.5, 0.6) is 5.75 Å². The fourth-order valence-electron chi connectivity index (χ4n) is 1.72. The van der Waals surface area contributed by atoms with E-state index >= 15 is 0 Å². The highest BCUT2D eigenvalue weighted by Crippen LogP contribution is 2.28. The standard InChI is InChI=1S/C13H18O2/c1-4-15-13-8-6-5-7-12(13)10(2)9-11(3)14/h5-8,10H,4,9H2,1-3H3. The van der Waals surface area contributed by atoms with Gasteiger partial charge in [0, 0.05) is 6.42 Å². The Hall–Kier alpha value is -1.31. The van der Waals surface area contributed by atoms with Gasteiger partial charge in [-0.3, -0.25) is 0 Å². The monoisotopic (exact) mass is 206 g/mol. The Morgan fingerprint density at radius 2 is 2.07 bits per heavy atom. The van der Waals surface area contributed by atoms with E-state index in [-0.39, 0.29) is 11.7 Å². The molecular formula is C13H18O2. The molecule has 2 nitrogen and oxygen atoms in total. The van der Waals surface area contributed by atoms with Gasteiger partial charge in [-0.1, -0.05) is 25.1 Å². The average Bonchev–Trinajstić information content (AvgIpc) is 2.18. The fourth-order valence-corrected chi connectivity index (χ4v) is 1.72. The van der Waals surface area contributed by atoms with Gasteiger partial charge in [-0.25, -0.2) is 0 Å². The largest absolute Gasteiger partial charge is 0.494 e. The number of ketones is 1. The number of carbonyl (C=O) groups excluding carboxylic acids is 1. The molecule has 0 aromatic heterocycles. The maximum atomic E-state index is 11.1. The van der Waals surface area contributed by atoms with Crippen LogP contribution in [0, 0.1) is 0 Å². The summed E-state index contributed by atoms with van der Waals surface area (Å²) >= 11 is 0. The summed E-state index contributed by atoms with van der Waals surface area (Å²) in [6.45, 7) is 6.30. The third kappa shape index (κ3) is 3.39. The summed E-state index contributed by atoms with van der Waals surface area (Å²) in [4.78, 5) is 11.1. The average molecular weight is 206 g/mol. The van der Waals surface area contributed by atoms with Crippen molar-refractivity contribution in [1.82, 2.24) is 0 Å². The van der Waals surface area contributed by atoms with Crippen molar-refractivity contribution < 1.29 is 9.53 Å². The smallest absolute Gasteiger partial charge is 0.130 e. The van der Waals surface area contributed by atoms with E-state index in [1.165, 1.54) is 0 Å². The number of hydrogen-bond acceptors (Lipinski definition) is 2. The normalized spacial score (nSPS) is 12.2. The lowest BCUT2D eigenvalue weighted by Crippen LogP contribution is -2.03. The number of ether oxygens (including phenoxy) is 1. The summed E-state index contributed by atoms with van der Waals surface area (Å²) in [7, 11) is 0. The minimum atomic E-state index is 0.216. The lowest BCUT2D eigenvalue weighted by Gasteiger charge is -2.15. The second-order valence-corrected chi connectivity index (χ2v) is 3.78. The van der Waals surface area contributed by atoms with Crippen LogP contribution in [-0.2, 0) is 4.79 Å². The summed E-state index contributed by atoms with van der Waals surface area (Å²) in [5.41, 5.74) is 1.12. The Morgan fingerprint density at radius 3 is 2.67 bits per heavy atom. The predicted octanol–water partition coefficient (Wildman–Crippen LogP) is 3.17. The van der Waals surface area contributed by atoms with Crippen LogP contribution in [-0.4, -0.2) is 12.4 Å². The molecule has 2 heteroatoms. The van der Waals surface area contributed by atoms with E-state index in [1.807, 2.05) is 31.2 Å². The van der Waals surface area contributed by atoms with Crippen LogP contribution in [0.2, 0.25) is 0 Å². The minimum Gasteiger partial charge on any atom is -0.494 e. The summed E-state index contributed by atoms with van der Waals surface area (Å²) in [6.07, 6.45) is 0.573. The highest BCUT2D eigenvalue weighted by Gasteiger charge is 2.12. The molecule has 1 aromatic rings. The molecule has 1 atom stereocenters. The first-order valence-corrected chi connectivity index (χ1v) is 5.36. The lowest BCUT2D eigenvalue weighted by molar-refractivity contribution is -0.117. The lowest BCUT2D eigenvalue weighted by atomic mass is 9.95. The van der Waals surface area contributed by atoms with Crippen molar-refractivity contribution in [3.63, 3.8) is 0 Å². The molecule has 0 saturated heterocycles. The molecule has 0 fully saturated rings. The van der Waals surface area contributed by atoms with Gasteiger partial charge in [-0.2, -0.15) is 0 Å². The highest BCUT2D eigenvalue weighted by molar-refractivity contribution is 5.76. The number of para-hydroxylation sites is 1. The number of benzene rings is 1. The number of hydrogen-bond donors (Lipinski definition) is 0. The third-order valence-electron chi connectivity index (χ3n) is 2.34. The van der Waals surface area contributed by atoms with E-state index in [9.17, 15) is 4.79 Å². The predicted molar refractivity (Wildman–Crippen MR) is 61.3 cm³/mol. The Balaban J connectivity index is 2.86. The molecule has 1 rings (SSSR count). The van der Waals surface area contributed by atoms with Crippen LogP contribution in [0.1, 0.15) is 38.7 Å². The van der Waals surface area contributed by atoms with Crippen LogP contribution in [0.15, 0.2) is 24.3 Å². The van der Waals surface area contributed by atoms with Crippen LogP contribution < -0.4 is 4.74 Å². The van der Waals surface area contributed by atoms with E-state index in [1.54, 1.807) is 6.92 Å². The summed E-state index contributed by atoms with van der Waals surface area (Å²) in [5.74, 6) is 1.34. The van der Waals surface area contributed by atoms with E-state index < -0.39 is 0 Å². The van der Waals surface area contributed by atoms with E-state index in [2.05, 4.69) is 6.92 Å². The SMILES string of the molecule is CCOc1ccccc1C(C)CC(C)=O. The molecule has 0 N–H and O–H groups in total. The molecule has 0 bridgehead atoms. The van der Waals surface area contributed by atoms with Gasteiger partial charge in [-0.05, 0) is 31.4 Å². The zero-order chi connectivity index (χ0) is 11.3.